The van der Waals surface area contributed by atoms with E-state index in [0.29, 0.717) is 18.8 Å². The fourth-order valence-electron chi connectivity index (χ4n) is 2.74. The third kappa shape index (κ3) is 2.30. The van der Waals surface area contributed by atoms with Gasteiger partial charge in [0.1, 0.15) is 17.8 Å². The van der Waals surface area contributed by atoms with Gasteiger partial charge in [0, 0.05) is 33.4 Å². The number of rotatable bonds is 3. The Kier molecular flexibility index (Phi) is 3.00. The minimum Gasteiger partial charge on any atom is -0.352 e. The fourth-order valence-corrected chi connectivity index (χ4v) is 2.74. The molecule has 0 atom stereocenters. The Labute approximate surface area is 131 Å². The number of aryl methyl sites for hydroxylation is 2. The monoisotopic (exact) mass is 312 g/mol. The zero-order valence-corrected chi connectivity index (χ0v) is 12.8. The lowest BCUT2D eigenvalue weighted by Gasteiger charge is -2.40. The van der Waals surface area contributed by atoms with E-state index in [1.165, 1.54) is 0 Å². The molecule has 0 spiro atoms. The summed E-state index contributed by atoms with van der Waals surface area (Å²) in [5.41, 5.74) is 1.23. The van der Waals surface area contributed by atoms with E-state index in [1.807, 2.05) is 7.05 Å². The van der Waals surface area contributed by atoms with Gasteiger partial charge in [-0.1, -0.05) is 0 Å². The molecule has 23 heavy (non-hydrogen) atoms. The number of nitrogens with one attached hydrogen (secondary N) is 1. The summed E-state index contributed by atoms with van der Waals surface area (Å²) in [5.74, 6) is 0.705. The predicted molar refractivity (Wildman–Crippen MR) is 83.0 cm³/mol. The van der Waals surface area contributed by atoms with Crippen LogP contribution in [-0.2, 0) is 14.1 Å². The van der Waals surface area contributed by atoms with Gasteiger partial charge in [0.25, 0.3) is 5.91 Å². The Morgan fingerprint density at radius 2 is 2.13 bits per heavy atom. The lowest BCUT2D eigenvalue weighted by molar-refractivity contribution is 0.0924. The van der Waals surface area contributed by atoms with Crippen LogP contribution in [0.4, 0.5) is 5.82 Å². The largest absolute Gasteiger partial charge is 0.352 e. The Morgan fingerprint density at radius 1 is 1.30 bits per heavy atom. The molecule has 3 aromatic heterocycles. The van der Waals surface area contributed by atoms with Crippen LogP contribution in [0, 0.1) is 0 Å². The van der Waals surface area contributed by atoms with Crippen LogP contribution in [-0.4, -0.2) is 54.6 Å². The molecule has 0 aliphatic carbocycles. The van der Waals surface area contributed by atoms with Crippen LogP contribution in [0.2, 0.25) is 0 Å². The average Bonchev–Trinajstić information content (AvgIpc) is 3.09. The van der Waals surface area contributed by atoms with Gasteiger partial charge in [-0.05, 0) is 6.07 Å². The minimum atomic E-state index is -0.149. The number of nitrogens with zero attached hydrogens (tertiary/aromatic N) is 7. The maximum Gasteiger partial charge on any atom is 0.272 e. The summed E-state index contributed by atoms with van der Waals surface area (Å²) in [6.07, 6.45) is 5.06. The zero-order chi connectivity index (χ0) is 16.0. The highest BCUT2D eigenvalue weighted by atomic mass is 16.2. The molecule has 1 aliphatic heterocycles. The molecule has 1 N–H and O–H groups in total. The number of carbonyl (C=O) groups is 1. The van der Waals surface area contributed by atoms with Gasteiger partial charge in [-0.3, -0.25) is 14.2 Å². The topological polar surface area (TPSA) is 93.8 Å². The third-order valence-electron chi connectivity index (χ3n) is 3.97. The Morgan fingerprint density at radius 3 is 2.87 bits per heavy atom. The van der Waals surface area contributed by atoms with Crippen molar-refractivity contribution < 1.29 is 4.79 Å². The predicted octanol–water partition coefficient (Wildman–Crippen LogP) is -0.285. The lowest BCUT2D eigenvalue weighted by atomic mass is 10.1. The SMILES string of the molecule is Cn1ccc(C(=O)NC2CN(c3ncnc4c3cnn4C)C2)n1. The first-order valence-electron chi connectivity index (χ1n) is 7.30. The molecule has 118 valence electrons. The quantitative estimate of drug-likeness (QED) is 0.714. The first kappa shape index (κ1) is 13.7. The molecule has 1 saturated heterocycles. The highest BCUT2D eigenvalue weighted by Gasteiger charge is 2.31. The first-order chi connectivity index (χ1) is 11.1. The molecule has 0 saturated carbocycles. The molecule has 1 amide bonds. The van der Waals surface area contributed by atoms with Gasteiger partial charge >= 0.3 is 0 Å². The minimum absolute atomic E-state index is 0.0891. The second-order valence-corrected chi connectivity index (χ2v) is 5.65. The standard InChI is InChI=1S/C14H16N8O/c1-20-4-3-11(19-20)14(23)18-9-6-22(7-9)13-10-5-17-21(2)12(10)15-8-16-13/h3-5,8-9H,6-7H2,1-2H3,(H,18,23). The molecule has 0 bridgehead atoms. The van der Waals surface area contributed by atoms with Crippen molar-refractivity contribution in [3.8, 4) is 0 Å². The number of aromatic nitrogens is 6. The highest BCUT2D eigenvalue weighted by Crippen LogP contribution is 2.26. The van der Waals surface area contributed by atoms with Crippen molar-refractivity contribution in [3.63, 3.8) is 0 Å². The molecule has 4 rings (SSSR count). The van der Waals surface area contributed by atoms with Gasteiger partial charge in [-0.15, -0.1) is 0 Å². The van der Waals surface area contributed by atoms with Crippen molar-refractivity contribution in [1.82, 2.24) is 34.8 Å². The number of hydrogen-bond donors (Lipinski definition) is 1. The van der Waals surface area contributed by atoms with Crippen molar-refractivity contribution in [2.75, 3.05) is 18.0 Å². The van der Waals surface area contributed by atoms with Gasteiger partial charge < -0.3 is 10.2 Å². The van der Waals surface area contributed by atoms with Crippen molar-refractivity contribution in [3.05, 3.63) is 30.5 Å². The van der Waals surface area contributed by atoms with Crippen molar-refractivity contribution >= 4 is 22.8 Å². The number of amides is 1. The van der Waals surface area contributed by atoms with Gasteiger partial charge in [-0.25, -0.2) is 9.97 Å². The normalized spacial score (nSPS) is 15.0. The van der Waals surface area contributed by atoms with Crippen LogP contribution in [0.5, 0.6) is 0 Å². The molecule has 3 aromatic rings. The second-order valence-electron chi connectivity index (χ2n) is 5.65. The summed E-state index contributed by atoms with van der Waals surface area (Å²) >= 11 is 0. The van der Waals surface area contributed by atoms with E-state index in [-0.39, 0.29) is 11.9 Å². The van der Waals surface area contributed by atoms with Gasteiger partial charge in [-0.2, -0.15) is 10.2 Å². The first-order valence-corrected chi connectivity index (χ1v) is 7.30. The third-order valence-corrected chi connectivity index (χ3v) is 3.97. The van der Waals surface area contributed by atoms with E-state index in [2.05, 4.69) is 30.4 Å². The molecule has 0 radical (unpaired) electrons. The van der Waals surface area contributed by atoms with Crippen LogP contribution in [0.15, 0.2) is 24.8 Å². The van der Waals surface area contributed by atoms with E-state index >= 15 is 0 Å². The van der Waals surface area contributed by atoms with E-state index in [1.54, 1.807) is 41.2 Å². The maximum absolute atomic E-state index is 12.1. The lowest BCUT2D eigenvalue weighted by Crippen LogP contribution is -2.59. The van der Waals surface area contributed by atoms with Crippen LogP contribution in [0.3, 0.4) is 0 Å². The van der Waals surface area contributed by atoms with Gasteiger partial charge in [0.2, 0.25) is 0 Å². The number of fused-ring (bicyclic) bond motifs is 1. The fraction of sp³-hybridized carbons (Fsp3) is 0.357. The molecule has 9 nitrogen and oxygen atoms in total. The molecule has 0 unspecified atom stereocenters. The van der Waals surface area contributed by atoms with Crippen LogP contribution in [0.1, 0.15) is 10.5 Å². The highest BCUT2D eigenvalue weighted by molar-refractivity contribution is 5.93. The molecule has 1 fully saturated rings. The van der Waals surface area contributed by atoms with E-state index in [0.717, 1.165) is 16.9 Å². The Hall–Kier alpha value is -2.97. The van der Waals surface area contributed by atoms with E-state index in [9.17, 15) is 4.79 Å². The molecular formula is C14H16N8O. The summed E-state index contributed by atoms with van der Waals surface area (Å²) in [6.45, 7) is 1.42. The Bertz CT molecular complexity index is 876. The van der Waals surface area contributed by atoms with Crippen LogP contribution < -0.4 is 10.2 Å². The molecule has 4 heterocycles. The van der Waals surface area contributed by atoms with Gasteiger partial charge in [0.15, 0.2) is 5.65 Å². The summed E-state index contributed by atoms with van der Waals surface area (Å²) in [7, 11) is 3.64. The van der Waals surface area contributed by atoms with E-state index < -0.39 is 0 Å². The number of hydrogen-bond acceptors (Lipinski definition) is 6. The number of anilines is 1. The molecule has 0 aromatic carbocycles. The van der Waals surface area contributed by atoms with Crippen molar-refractivity contribution in [2.45, 2.75) is 6.04 Å². The molecule has 9 heteroatoms. The Balaban J connectivity index is 1.44. The number of carbonyl (C=O) groups excluding carboxylic acids is 1. The van der Waals surface area contributed by atoms with E-state index in [4.69, 9.17) is 0 Å². The summed E-state index contributed by atoms with van der Waals surface area (Å²) in [4.78, 5) is 22.8. The average molecular weight is 312 g/mol. The smallest absolute Gasteiger partial charge is 0.272 e. The van der Waals surface area contributed by atoms with Crippen LogP contribution >= 0.6 is 0 Å². The summed E-state index contributed by atoms with van der Waals surface area (Å²) < 4.78 is 3.34. The van der Waals surface area contributed by atoms with Crippen molar-refractivity contribution in [1.29, 1.82) is 0 Å². The maximum atomic E-state index is 12.1. The van der Waals surface area contributed by atoms with Crippen molar-refractivity contribution in [2.24, 2.45) is 14.1 Å². The van der Waals surface area contributed by atoms with Gasteiger partial charge in [0.05, 0.1) is 17.6 Å². The summed E-state index contributed by atoms with van der Waals surface area (Å²) in [6, 6.07) is 1.79. The molecule has 1 aliphatic rings. The zero-order valence-electron chi connectivity index (χ0n) is 12.8. The second kappa shape index (κ2) is 5.04. The summed E-state index contributed by atoms with van der Waals surface area (Å²) in [5, 5.41) is 12.2. The molecular weight excluding hydrogens is 296 g/mol. The van der Waals surface area contributed by atoms with Crippen LogP contribution in [0.25, 0.3) is 11.0 Å².